The van der Waals surface area contributed by atoms with Crippen LogP contribution >= 0.6 is 0 Å². The number of carboxylic acid groups (broad SMARTS) is 1. The molecule has 0 fully saturated rings. The quantitative estimate of drug-likeness (QED) is 0.706. The molecule has 0 bridgehead atoms. The number of aromatic nitrogens is 3. The van der Waals surface area contributed by atoms with Gasteiger partial charge in [-0.15, -0.1) is 0 Å². The third-order valence-corrected chi connectivity index (χ3v) is 4.33. The molecule has 0 radical (unpaired) electrons. The summed E-state index contributed by atoms with van der Waals surface area (Å²) in [4.78, 5) is 14.8. The molecule has 1 aromatic heterocycles. The Bertz CT molecular complexity index is 741. The Labute approximate surface area is 121 Å². The number of sulfonamides is 1. The van der Waals surface area contributed by atoms with Crippen molar-refractivity contribution in [3.05, 3.63) is 41.5 Å². The second-order valence-electron chi connectivity index (χ2n) is 4.36. The van der Waals surface area contributed by atoms with Crippen molar-refractivity contribution in [2.75, 3.05) is 6.54 Å². The number of H-pyrrole nitrogens is 1. The van der Waals surface area contributed by atoms with Crippen molar-refractivity contribution in [3.8, 4) is 0 Å². The molecule has 0 unspecified atom stereocenters. The minimum absolute atomic E-state index is 0.0342. The summed E-state index contributed by atoms with van der Waals surface area (Å²) in [7, 11) is -3.76. The Hall–Kier alpha value is -2.26. The van der Waals surface area contributed by atoms with E-state index in [1.807, 2.05) is 0 Å². The summed E-state index contributed by atoms with van der Waals surface area (Å²) in [5.74, 6) is -0.598. The van der Waals surface area contributed by atoms with Crippen LogP contribution in [-0.4, -0.2) is 41.2 Å². The van der Waals surface area contributed by atoms with E-state index in [9.17, 15) is 13.2 Å². The average Bonchev–Trinajstić information content (AvgIpc) is 2.91. The van der Waals surface area contributed by atoms with Crippen molar-refractivity contribution in [2.45, 2.75) is 18.2 Å². The topological polar surface area (TPSA) is 125 Å². The maximum absolute atomic E-state index is 12.1. The molecule has 8 nitrogen and oxygen atoms in total. The van der Waals surface area contributed by atoms with Crippen LogP contribution in [0.4, 0.5) is 0 Å². The Balaban J connectivity index is 2.12. The first kappa shape index (κ1) is 15.1. The zero-order valence-corrected chi connectivity index (χ0v) is 12.0. The molecule has 0 amide bonds. The van der Waals surface area contributed by atoms with Gasteiger partial charge >= 0.3 is 5.97 Å². The van der Waals surface area contributed by atoms with E-state index < -0.39 is 16.0 Å². The van der Waals surface area contributed by atoms with Crippen LogP contribution in [0, 0.1) is 6.92 Å². The van der Waals surface area contributed by atoms with Gasteiger partial charge in [-0.1, -0.05) is 6.07 Å². The van der Waals surface area contributed by atoms with Crippen LogP contribution < -0.4 is 4.72 Å². The van der Waals surface area contributed by atoms with Gasteiger partial charge in [0.15, 0.2) is 0 Å². The maximum Gasteiger partial charge on any atom is 0.335 e. The lowest BCUT2D eigenvalue weighted by Gasteiger charge is -2.08. The molecule has 0 aliphatic rings. The number of nitrogens with one attached hydrogen (secondary N) is 2. The van der Waals surface area contributed by atoms with Crippen molar-refractivity contribution in [3.63, 3.8) is 0 Å². The zero-order chi connectivity index (χ0) is 15.5. The number of carboxylic acids is 1. The lowest BCUT2D eigenvalue weighted by Crippen LogP contribution is -2.26. The van der Waals surface area contributed by atoms with E-state index >= 15 is 0 Å². The summed E-state index contributed by atoms with van der Waals surface area (Å²) in [6, 6.07) is 3.99. The van der Waals surface area contributed by atoms with Gasteiger partial charge in [0.25, 0.3) is 0 Å². The van der Waals surface area contributed by atoms with Crippen LogP contribution in [0.25, 0.3) is 0 Å². The number of aryl methyl sites for hydroxylation is 1. The Morgan fingerprint density at radius 1 is 1.43 bits per heavy atom. The lowest BCUT2D eigenvalue weighted by atomic mass is 10.1. The summed E-state index contributed by atoms with van der Waals surface area (Å²) in [6.07, 6.45) is 1.69. The molecule has 3 N–H and O–H groups in total. The largest absolute Gasteiger partial charge is 0.478 e. The second kappa shape index (κ2) is 6.02. The fourth-order valence-corrected chi connectivity index (χ4v) is 2.79. The summed E-state index contributed by atoms with van der Waals surface area (Å²) >= 11 is 0. The minimum Gasteiger partial charge on any atom is -0.478 e. The zero-order valence-electron chi connectivity index (χ0n) is 11.2. The average molecular weight is 310 g/mol. The third-order valence-electron chi connectivity index (χ3n) is 2.87. The number of rotatable bonds is 6. The number of nitrogens with zero attached hydrogens (tertiary/aromatic N) is 2. The molecule has 0 aliphatic carbocycles. The molecule has 0 atom stereocenters. The van der Waals surface area contributed by atoms with Crippen LogP contribution in [-0.2, 0) is 16.4 Å². The van der Waals surface area contributed by atoms with Gasteiger partial charge < -0.3 is 5.11 Å². The van der Waals surface area contributed by atoms with Crippen LogP contribution in [0.2, 0.25) is 0 Å². The van der Waals surface area contributed by atoms with Gasteiger partial charge in [0.1, 0.15) is 12.2 Å². The van der Waals surface area contributed by atoms with E-state index in [0.717, 1.165) is 6.07 Å². The van der Waals surface area contributed by atoms with Gasteiger partial charge in [0.05, 0.1) is 10.5 Å². The van der Waals surface area contributed by atoms with Crippen LogP contribution in [0.3, 0.4) is 0 Å². The molecule has 0 spiro atoms. The Kier molecular flexibility index (Phi) is 4.34. The van der Waals surface area contributed by atoms with Crippen molar-refractivity contribution in [1.29, 1.82) is 0 Å². The highest BCUT2D eigenvalue weighted by molar-refractivity contribution is 7.89. The molecular formula is C12H14N4O4S. The maximum atomic E-state index is 12.1. The van der Waals surface area contributed by atoms with Gasteiger partial charge in [0.2, 0.25) is 10.0 Å². The number of carbonyl (C=O) groups is 1. The second-order valence-corrected chi connectivity index (χ2v) is 6.13. The van der Waals surface area contributed by atoms with Gasteiger partial charge in [0, 0.05) is 13.0 Å². The number of benzene rings is 1. The Morgan fingerprint density at radius 3 is 2.81 bits per heavy atom. The summed E-state index contributed by atoms with van der Waals surface area (Å²) in [5.41, 5.74) is 0.469. The van der Waals surface area contributed by atoms with E-state index in [1.54, 1.807) is 6.92 Å². The van der Waals surface area contributed by atoms with Crippen molar-refractivity contribution in [2.24, 2.45) is 0 Å². The molecule has 0 saturated heterocycles. The van der Waals surface area contributed by atoms with E-state index in [-0.39, 0.29) is 17.0 Å². The number of aromatic amines is 1. The smallest absolute Gasteiger partial charge is 0.335 e. The number of hydrogen-bond acceptors (Lipinski definition) is 5. The molecule has 1 aromatic carbocycles. The predicted molar refractivity (Wildman–Crippen MR) is 73.4 cm³/mol. The van der Waals surface area contributed by atoms with Crippen LogP contribution in [0.5, 0.6) is 0 Å². The van der Waals surface area contributed by atoms with Crippen molar-refractivity contribution in [1.82, 2.24) is 19.9 Å². The molecular weight excluding hydrogens is 296 g/mol. The van der Waals surface area contributed by atoms with Crippen molar-refractivity contribution >= 4 is 16.0 Å². The highest BCUT2D eigenvalue weighted by atomic mass is 32.2. The molecule has 112 valence electrons. The van der Waals surface area contributed by atoms with E-state index in [1.165, 1.54) is 18.5 Å². The van der Waals surface area contributed by atoms with E-state index in [4.69, 9.17) is 5.11 Å². The van der Waals surface area contributed by atoms with E-state index in [0.29, 0.717) is 17.8 Å². The first-order valence-corrected chi connectivity index (χ1v) is 7.56. The molecule has 0 aliphatic heterocycles. The summed E-state index contributed by atoms with van der Waals surface area (Å²) in [5, 5.41) is 15.3. The minimum atomic E-state index is -3.76. The standard InChI is InChI=1S/C12H14N4O4S/c1-8-2-3-9(6-10(8)12(17)18)21(19,20)15-5-4-11-13-7-14-16-11/h2-3,6-7,15H,4-5H2,1H3,(H,17,18)(H,13,14,16). The third kappa shape index (κ3) is 3.64. The fourth-order valence-electron chi connectivity index (χ4n) is 1.74. The molecule has 2 aromatic rings. The summed E-state index contributed by atoms with van der Waals surface area (Å²) in [6.45, 7) is 1.74. The van der Waals surface area contributed by atoms with Crippen molar-refractivity contribution < 1.29 is 18.3 Å². The first-order chi connectivity index (χ1) is 9.90. The van der Waals surface area contributed by atoms with Gasteiger partial charge in [-0.3, -0.25) is 5.10 Å². The first-order valence-electron chi connectivity index (χ1n) is 6.08. The molecule has 2 rings (SSSR count). The fraction of sp³-hybridized carbons (Fsp3) is 0.250. The lowest BCUT2D eigenvalue weighted by molar-refractivity contribution is 0.0696. The highest BCUT2D eigenvalue weighted by Gasteiger charge is 2.17. The highest BCUT2D eigenvalue weighted by Crippen LogP contribution is 2.15. The molecule has 21 heavy (non-hydrogen) atoms. The molecule has 1 heterocycles. The normalized spacial score (nSPS) is 11.5. The molecule has 9 heteroatoms. The monoisotopic (exact) mass is 310 g/mol. The number of hydrogen-bond donors (Lipinski definition) is 3. The number of aromatic carboxylic acids is 1. The van der Waals surface area contributed by atoms with Crippen LogP contribution in [0.1, 0.15) is 21.7 Å². The summed E-state index contributed by atoms with van der Waals surface area (Å²) < 4.78 is 26.6. The van der Waals surface area contributed by atoms with Gasteiger partial charge in [-0.25, -0.2) is 22.9 Å². The predicted octanol–water partition coefficient (Wildman–Crippen LogP) is 0.332. The van der Waals surface area contributed by atoms with E-state index in [2.05, 4.69) is 19.9 Å². The SMILES string of the molecule is Cc1ccc(S(=O)(=O)NCCc2ncn[nH]2)cc1C(=O)O. The van der Waals surface area contributed by atoms with Gasteiger partial charge in [-0.05, 0) is 24.6 Å². The van der Waals surface area contributed by atoms with Gasteiger partial charge in [-0.2, -0.15) is 5.10 Å². The van der Waals surface area contributed by atoms with Crippen LogP contribution in [0.15, 0.2) is 29.4 Å². The Morgan fingerprint density at radius 2 is 2.19 bits per heavy atom. The molecule has 0 saturated carbocycles.